The van der Waals surface area contributed by atoms with Crippen molar-refractivity contribution < 1.29 is 4.48 Å². The molecule has 0 aromatic carbocycles. The molecular weight excluding hydrogens is 362 g/mol. The summed E-state index contributed by atoms with van der Waals surface area (Å²) in [5.41, 5.74) is 0.162. The van der Waals surface area contributed by atoms with Gasteiger partial charge in [0.2, 0.25) is 0 Å². The maximum Gasteiger partial charge on any atom is 0.328 e. The molecule has 1 heterocycles. The van der Waals surface area contributed by atoms with E-state index in [9.17, 15) is 9.59 Å². The number of unbranched alkanes of at least 4 members (excludes halogenated alkanes) is 9. The summed E-state index contributed by atoms with van der Waals surface area (Å²) < 4.78 is 2.54. The Hall–Kier alpha value is -1.36. The minimum Gasteiger partial charge on any atom is -0.324 e. The molecule has 0 saturated heterocycles. The van der Waals surface area contributed by atoms with Crippen LogP contribution in [0.1, 0.15) is 97.1 Å². The van der Waals surface area contributed by atoms with Crippen LogP contribution in [0, 0.1) is 6.92 Å². The zero-order valence-electron chi connectivity index (χ0n) is 19.6. The Kier molecular flexibility index (Phi) is 12.9. The lowest BCUT2D eigenvalue weighted by molar-refractivity contribution is -0.925. The third-order valence-electron chi connectivity index (χ3n) is 6.50. The molecule has 0 bridgehead atoms. The van der Waals surface area contributed by atoms with E-state index in [1.54, 1.807) is 6.92 Å². The minimum atomic E-state index is -0.281. The monoisotopic (exact) mass is 408 g/mol. The van der Waals surface area contributed by atoms with Gasteiger partial charge in [0.15, 0.2) is 0 Å². The number of hydrogen-bond acceptors (Lipinski definition) is 2. The maximum atomic E-state index is 12.0. The van der Waals surface area contributed by atoms with Crippen LogP contribution in [0.5, 0.6) is 0 Å². The van der Waals surface area contributed by atoms with Crippen molar-refractivity contribution in [3.63, 3.8) is 0 Å². The molecule has 0 amide bonds. The van der Waals surface area contributed by atoms with Gasteiger partial charge >= 0.3 is 5.69 Å². The number of aromatic nitrogens is 2. The number of nitrogens with one attached hydrogen (secondary N) is 1. The van der Waals surface area contributed by atoms with Crippen LogP contribution in [0.2, 0.25) is 0 Å². The summed E-state index contributed by atoms with van der Waals surface area (Å²) in [6.45, 7) is 14.1. The number of aryl methyl sites for hydroxylation is 1. The highest BCUT2D eigenvalue weighted by Crippen LogP contribution is 2.15. The van der Waals surface area contributed by atoms with Crippen molar-refractivity contribution in [1.29, 1.82) is 0 Å². The van der Waals surface area contributed by atoms with Crippen LogP contribution in [0.25, 0.3) is 0 Å². The molecule has 0 aliphatic heterocycles. The topological polar surface area (TPSA) is 54.9 Å². The Labute approximate surface area is 178 Å². The van der Waals surface area contributed by atoms with E-state index in [1.807, 2.05) is 0 Å². The van der Waals surface area contributed by atoms with Gasteiger partial charge in [-0.15, -0.1) is 0 Å². The second-order valence-corrected chi connectivity index (χ2v) is 8.70. The maximum absolute atomic E-state index is 12.0. The average molecular weight is 409 g/mol. The Balaban J connectivity index is 2.29. The van der Waals surface area contributed by atoms with E-state index < -0.39 is 0 Å². The highest BCUT2D eigenvalue weighted by atomic mass is 16.2. The number of H-pyrrole nitrogens is 1. The largest absolute Gasteiger partial charge is 0.328 e. The van der Waals surface area contributed by atoms with E-state index in [1.165, 1.54) is 92.7 Å². The van der Waals surface area contributed by atoms with E-state index in [4.69, 9.17) is 0 Å². The molecule has 0 radical (unpaired) electrons. The molecule has 5 heteroatoms. The van der Waals surface area contributed by atoms with Crippen molar-refractivity contribution in [1.82, 2.24) is 9.55 Å². The first-order valence-corrected chi connectivity index (χ1v) is 12.1. The van der Waals surface area contributed by atoms with E-state index in [0.717, 1.165) is 19.3 Å². The second-order valence-electron chi connectivity index (χ2n) is 8.70. The first-order valence-electron chi connectivity index (χ1n) is 12.1. The van der Waals surface area contributed by atoms with Crippen LogP contribution in [-0.4, -0.2) is 40.2 Å². The molecule has 0 fully saturated rings. The standard InChI is InChI=1S/C24H45N3O2/c1-5-8-9-10-11-12-13-16-19-27(6-2,7-3)20-17-14-15-18-26-23(28)21-22(4)25-24(26)29/h21H,5-20H2,1-4H3/p+1. The van der Waals surface area contributed by atoms with Gasteiger partial charge in [0.05, 0.1) is 26.2 Å². The van der Waals surface area contributed by atoms with Gasteiger partial charge in [-0.2, -0.15) is 0 Å². The van der Waals surface area contributed by atoms with Gasteiger partial charge in [-0.1, -0.05) is 45.4 Å². The van der Waals surface area contributed by atoms with Crippen molar-refractivity contribution in [2.24, 2.45) is 0 Å². The van der Waals surface area contributed by atoms with Gasteiger partial charge in [0, 0.05) is 18.3 Å². The molecule has 0 unspecified atom stereocenters. The number of aromatic amines is 1. The van der Waals surface area contributed by atoms with Crippen LogP contribution < -0.4 is 11.2 Å². The third-order valence-corrected chi connectivity index (χ3v) is 6.50. The predicted molar refractivity (Wildman–Crippen MR) is 124 cm³/mol. The molecular formula is C24H46N3O2+. The summed E-state index contributed by atoms with van der Waals surface area (Å²) >= 11 is 0. The molecule has 29 heavy (non-hydrogen) atoms. The van der Waals surface area contributed by atoms with Crippen molar-refractivity contribution in [3.8, 4) is 0 Å². The summed E-state index contributed by atoms with van der Waals surface area (Å²) in [6, 6.07) is 1.50. The molecule has 0 aliphatic carbocycles. The van der Waals surface area contributed by atoms with Gasteiger partial charge in [-0.05, 0) is 52.9 Å². The molecule has 0 saturated carbocycles. The average Bonchev–Trinajstić information content (AvgIpc) is 2.70. The fourth-order valence-electron chi connectivity index (χ4n) is 4.29. The fourth-order valence-corrected chi connectivity index (χ4v) is 4.29. The van der Waals surface area contributed by atoms with Crippen molar-refractivity contribution in [2.45, 2.75) is 105 Å². The highest BCUT2D eigenvalue weighted by Gasteiger charge is 2.21. The molecule has 1 N–H and O–H groups in total. The lowest BCUT2D eigenvalue weighted by Crippen LogP contribution is -2.49. The van der Waals surface area contributed by atoms with Crippen molar-refractivity contribution in [2.75, 3.05) is 26.2 Å². The van der Waals surface area contributed by atoms with E-state index >= 15 is 0 Å². The Bertz CT molecular complexity index is 628. The fraction of sp³-hybridized carbons (Fsp3) is 0.833. The predicted octanol–water partition coefficient (Wildman–Crippen LogP) is 5.01. The van der Waals surface area contributed by atoms with E-state index in [0.29, 0.717) is 12.2 Å². The van der Waals surface area contributed by atoms with Gasteiger partial charge in [0.1, 0.15) is 0 Å². The molecule has 1 aromatic rings. The molecule has 0 aliphatic rings. The Morgan fingerprint density at radius 1 is 0.793 bits per heavy atom. The van der Waals surface area contributed by atoms with Gasteiger partial charge in [-0.3, -0.25) is 9.36 Å². The highest BCUT2D eigenvalue weighted by molar-refractivity contribution is 4.96. The van der Waals surface area contributed by atoms with Gasteiger partial charge in [0.25, 0.3) is 5.56 Å². The van der Waals surface area contributed by atoms with Gasteiger partial charge < -0.3 is 9.47 Å². The molecule has 1 aromatic heterocycles. The molecule has 0 spiro atoms. The van der Waals surface area contributed by atoms with E-state index in [-0.39, 0.29) is 11.2 Å². The second kappa shape index (κ2) is 14.6. The van der Waals surface area contributed by atoms with Crippen molar-refractivity contribution >= 4 is 0 Å². The normalized spacial score (nSPS) is 11.9. The Morgan fingerprint density at radius 3 is 1.83 bits per heavy atom. The van der Waals surface area contributed by atoms with Crippen LogP contribution in [-0.2, 0) is 6.54 Å². The number of quaternary nitrogens is 1. The number of hydrogen-bond donors (Lipinski definition) is 1. The summed E-state index contributed by atoms with van der Waals surface area (Å²) in [5.74, 6) is 0. The minimum absolute atomic E-state index is 0.187. The summed E-state index contributed by atoms with van der Waals surface area (Å²) in [5, 5.41) is 0. The lowest BCUT2D eigenvalue weighted by atomic mass is 10.1. The quantitative estimate of drug-likeness (QED) is 0.291. The molecule has 5 nitrogen and oxygen atoms in total. The van der Waals surface area contributed by atoms with E-state index in [2.05, 4.69) is 25.8 Å². The van der Waals surface area contributed by atoms with Crippen LogP contribution in [0.3, 0.4) is 0 Å². The zero-order chi connectivity index (χ0) is 21.5. The first kappa shape index (κ1) is 25.7. The lowest BCUT2D eigenvalue weighted by Gasteiger charge is -2.37. The summed E-state index contributed by atoms with van der Waals surface area (Å²) in [6.07, 6.45) is 14.1. The summed E-state index contributed by atoms with van der Waals surface area (Å²) in [7, 11) is 0. The molecule has 0 atom stereocenters. The Morgan fingerprint density at radius 2 is 1.31 bits per heavy atom. The third kappa shape index (κ3) is 9.79. The zero-order valence-corrected chi connectivity index (χ0v) is 19.6. The van der Waals surface area contributed by atoms with Crippen LogP contribution >= 0.6 is 0 Å². The number of rotatable bonds is 17. The smallest absolute Gasteiger partial charge is 0.324 e. The van der Waals surface area contributed by atoms with Gasteiger partial charge in [-0.25, -0.2) is 4.79 Å². The molecule has 168 valence electrons. The van der Waals surface area contributed by atoms with Crippen LogP contribution in [0.15, 0.2) is 15.7 Å². The molecule has 1 rings (SSSR count). The first-order chi connectivity index (χ1) is 14.0. The summed E-state index contributed by atoms with van der Waals surface area (Å²) in [4.78, 5) is 26.6. The number of nitrogens with zero attached hydrogens (tertiary/aromatic N) is 2. The van der Waals surface area contributed by atoms with Crippen molar-refractivity contribution in [3.05, 3.63) is 32.6 Å². The SMILES string of the molecule is CCCCCCCCCC[N+](CC)(CC)CCCCCn1c(=O)cc(C)[nH]c1=O. The van der Waals surface area contributed by atoms with Crippen LogP contribution in [0.4, 0.5) is 0 Å².